The molecule has 1 aliphatic carbocycles. The molecule has 0 spiro atoms. The summed E-state index contributed by atoms with van der Waals surface area (Å²) in [6.07, 6.45) is 7.44. The lowest BCUT2D eigenvalue weighted by Crippen LogP contribution is -2.45. The fourth-order valence-corrected chi connectivity index (χ4v) is 8.94. The van der Waals surface area contributed by atoms with Gasteiger partial charge in [-0.2, -0.15) is 10.2 Å². The zero-order valence-corrected chi connectivity index (χ0v) is 31.3. The molecular formula is C37H42ClF2N11O4. The second-order valence-electron chi connectivity index (χ2n) is 14.9. The third-order valence-electron chi connectivity index (χ3n) is 11.6. The average Bonchev–Trinajstić information content (AvgIpc) is 3.83. The summed E-state index contributed by atoms with van der Waals surface area (Å²) in [4.78, 5) is 60.0. The molecular weight excluding hydrogens is 736 g/mol. The number of imidazole rings is 1. The van der Waals surface area contributed by atoms with E-state index >= 15 is 0 Å². The number of aryl methyl sites for hydroxylation is 1. The molecule has 2 N–H and O–H groups in total. The molecule has 4 aromatic heterocycles. The number of halogens is 3. The molecule has 18 heteroatoms. The minimum absolute atomic E-state index is 0.00317. The van der Waals surface area contributed by atoms with Gasteiger partial charge in [0, 0.05) is 57.7 Å². The number of benzene rings is 1. The first kappa shape index (κ1) is 36.8. The maximum Gasteiger partial charge on any atom is 0.329 e. The maximum absolute atomic E-state index is 14.1. The van der Waals surface area contributed by atoms with Gasteiger partial charge in [-0.1, -0.05) is 17.7 Å². The molecule has 290 valence electrons. The minimum atomic E-state index is -2.89. The lowest BCUT2D eigenvalue weighted by Gasteiger charge is -2.40. The topological polar surface area (TPSA) is 157 Å². The van der Waals surface area contributed by atoms with Crippen molar-refractivity contribution in [1.29, 1.82) is 0 Å². The quantitative estimate of drug-likeness (QED) is 0.202. The number of hydrogen-bond donors (Lipinski definition) is 2. The molecule has 15 nitrogen and oxygen atoms in total. The molecule has 2 aliphatic heterocycles. The van der Waals surface area contributed by atoms with Crippen molar-refractivity contribution in [2.24, 2.45) is 13.0 Å². The predicted octanol–water partition coefficient (Wildman–Crippen LogP) is 4.73. The number of carbonyl (C=O) groups is 3. The van der Waals surface area contributed by atoms with Crippen LogP contribution in [0.25, 0.3) is 16.7 Å². The smallest absolute Gasteiger partial charge is 0.329 e. The lowest BCUT2D eigenvalue weighted by molar-refractivity contribution is -0.135. The van der Waals surface area contributed by atoms with Gasteiger partial charge in [-0.15, -0.1) is 0 Å². The molecule has 6 heterocycles. The van der Waals surface area contributed by atoms with E-state index in [2.05, 4.69) is 42.7 Å². The number of nitrogens with one attached hydrogen (secondary N) is 2. The number of aromatic nitrogens is 7. The van der Waals surface area contributed by atoms with Crippen LogP contribution in [0.5, 0.6) is 0 Å². The van der Waals surface area contributed by atoms with Crippen LogP contribution < -0.4 is 21.2 Å². The van der Waals surface area contributed by atoms with Gasteiger partial charge >= 0.3 is 5.69 Å². The van der Waals surface area contributed by atoms with Gasteiger partial charge in [0.05, 0.1) is 28.5 Å². The summed E-state index contributed by atoms with van der Waals surface area (Å²) in [6.45, 7) is 2.54. The SMILES string of the molecule is CN(CC1CCC(n2cc(NC(=O)c3c(Cl)nn4cccnc34)c(C(F)F)n2)CC1)C1CCN(c2cccc3c2n(C)c(=O)n3C2CCC(=O)NC2=O)CC1. The molecule has 3 amide bonds. The second-order valence-corrected chi connectivity index (χ2v) is 15.2. The Balaban J connectivity index is 0.872. The fraction of sp³-hybridized carbons (Fsp3) is 0.486. The van der Waals surface area contributed by atoms with E-state index in [0.717, 1.165) is 69.4 Å². The van der Waals surface area contributed by atoms with Crippen LogP contribution in [0.4, 0.5) is 20.2 Å². The van der Waals surface area contributed by atoms with Crippen LogP contribution in [-0.4, -0.2) is 88.9 Å². The number of piperidine rings is 2. The molecule has 1 unspecified atom stereocenters. The number of imide groups is 1. The summed E-state index contributed by atoms with van der Waals surface area (Å²) in [5.41, 5.74) is 1.79. The molecule has 8 rings (SSSR count). The van der Waals surface area contributed by atoms with Crippen molar-refractivity contribution in [3.05, 3.63) is 69.8 Å². The van der Waals surface area contributed by atoms with Crippen molar-refractivity contribution in [3.63, 3.8) is 0 Å². The highest BCUT2D eigenvalue weighted by molar-refractivity contribution is 6.34. The number of carbonyl (C=O) groups excluding carboxylic acids is 3. The number of anilines is 2. The summed E-state index contributed by atoms with van der Waals surface area (Å²) in [5, 5.41) is 13.2. The summed E-state index contributed by atoms with van der Waals surface area (Å²) >= 11 is 6.21. The van der Waals surface area contributed by atoms with Crippen molar-refractivity contribution in [1.82, 2.24) is 43.7 Å². The van der Waals surface area contributed by atoms with Crippen LogP contribution in [0.15, 0.2) is 47.7 Å². The third kappa shape index (κ3) is 6.88. The fourth-order valence-electron chi connectivity index (χ4n) is 8.69. The van der Waals surface area contributed by atoms with Gasteiger partial charge in [-0.25, -0.2) is 23.1 Å². The number of alkyl halides is 2. The zero-order valence-electron chi connectivity index (χ0n) is 30.5. The summed E-state index contributed by atoms with van der Waals surface area (Å²) in [5.74, 6) is -1.01. The highest BCUT2D eigenvalue weighted by Gasteiger charge is 2.34. The van der Waals surface area contributed by atoms with E-state index in [1.807, 2.05) is 18.2 Å². The predicted molar refractivity (Wildman–Crippen MR) is 201 cm³/mol. The summed E-state index contributed by atoms with van der Waals surface area (Å²) in [7, 11) is 3.89. The average molecular weight is 778 g/mol. The Bertz CT molecular complexity index is 2340. The first-order valence-corrected chi connectivity index (χ1v) is 19.0. The normalized spacial score (nSPS) is 21.3. The summed E-state index contributed by atoms with van der Waals surface area (Å²) in [6, 6.07) is 7.02. The van der Waals surface area contributed by atoms with E-state index in [9.17, 15) is 28.0 Å². The van der Waals surface area contributed by atoms with Crippen LogP contribution in [0.1, 0.15) is 85.9 Å². The van der Waals surface area contributed by atoms with Gasteiger partial charge in [0.25, 0.3) is 12.3 Å². The molecule has 1 saturated carbocycles. The van der Waals surface area contributed by atoms with Crippen molar-refractivity contribution in [2.45, 2.75) is 75.9 Å². The van der Waals surface area contributed by atoms with E-state index < -0.39 is 30.0 Å². The highest BCUT2D eigenvalue weighted by Crippen LogP contribution is 2.37. The monoisotopic (exact) mass is 777 g/mol. The Morgan fingerprint density at radius 2 is 1.82 bits per heavy atom. The van der Waals surface area contributed by atoms with Gasteiger partial charge in [0.1, 0.15) is 11.6 Å². The largest absolute Gasteiger partial charge is 0.370 e. The van der Waals surface area contributed by atoms with E-state index in [4.69, 9.17) is 11.6 Å². The molecule has 1 aromatic carbocycles. The Labute approximate surface area is 319 Å². The van der Waals surface area contributed by atoms with Crippen molar-refractivity contribution in [3.8, 4) is 0 Å². The number of nitrogens with zero attached hydrogens (tertiary/aromatic N) is 9. The molecule has 2 saturated heterocycles. The first-order chi connectivity index (χ1) is 26.5. The van der Waals surface area contributed by atoms with Crippen LogP contribution in [0, 0.1) is 5.92 Å². The molecule has 0 bridgehead atoms. The molecule has 1 atom stereocenters. The number of rotatable bonds is 9. The minimum Gasteiger partial charge on any atom is -0.370 e. The van der Waals surface area contributed by atoms with Crippen molar-refractivity contribution >= 4 is 57.4 Å². The second kappa shape index (κ2) is 14.8. The number of fused-ring (bicyclic) bond motifs is 2. The van der Waals surface area contributed by atoms with E-state index in [1.165, 1.54) is 21.5 Å². The number of amides is 3. The standard InChI is InChI=1S/C37H42ClF2N11O4/c1-46(22-13-17-48(18-14-22)25-5-3-6-26-31(25)47(2)37(55)51(26)27-11-12-28(52)43-35(27)53)19-21-7-9-23(10-8-21)50-20-24(30(44-50)33(39)40)42-36(54)29-32(38)45-49-16-4-15-41-34(29)49/h3-6,15-16,20-23,27,33H,7-14,17-19H2,1-2H3,(H,42,54)(H,43,52,53). The first-order valence-electron chi connectivity index (χ1n) is 18.6. The number of hydrogen-bond acceptors (Lipinski definition) is 9. The molecule has 3 fully saturated rings. The maximum atomic E-state index is 14.1. The van der Waals surface area contributed by atoms with Crippen LogP contribution in [-0.2, 0) is 16.6 Å². The van der Waals surface area contributed by atoms with Gasteiger partial charge in [-0.3, -0.25) is 33.5 Å². The van der Waals surface area contributed by atoms with E-state index in [0.29, 0.717) is 17.5 Å². The van der Waals surface area contributed by atoms with E-state index in [-0.39, 0.29) is 52.5 Å². The molecule has 55 heavy (non-hydrogen) atoms. The van der Waals surface area contributed by atoms with Crippen LogP contribution in [0.3, 0.4) is 0 Å². The van der Waals surface area contributed by atoms with Crippen LogP contribution in [0.2, 0.25) is 5.15 Å². The Kier molecular flexibility index (Phi) is 9.92. The molecule has 0 radical (unpaired) electrons. The Hall–Kier alpha value is -5.16. The third-order valence-corrected chi connectivity index (χ3v) is 11.8. The van der Waals surface area contributed by atoms with Gasteiger partial charge < -0.3 is 15.1 Å². The molecule has 5 aromatic rings. The van der Waals surface area contributed by atoms with Gasteiger partial charge in [0.2, 0.25) is 11.8 Å². The highest BCUT2D eigenvalue weighted by atomic mass is 35.5. The number of para-hydroxylation sites is 1. The van der Waals surface area contributed by atoms with Gasteiger partial charge in [-0.05, 0) is 76.1 Å². The van der Waals surface area contributed by atoms with Crippen molar-refractivity contribution in [2.75, 3.05) is 36.9 Å². The van der Waals surface area contributed by atoms with Crippen molar-refractivity contribution < 1.29 is 23.2 Å². The Morgan fingerprint density at radius 1 is 1.05 bits per heavy atom. The Morgan fingerprint density at radius 3 is 2.55 bits per heavy atom. The van der Waals surface area contributed by atoms with E-state index in [1.54, 1.807) is 28.6 Å². The van der Waals surface area contributed by atoms with Gasteiger partial charge in [0.15, 0.2) is 16.5 Å². The lowest BCUT2D eigenvalue weighted by atomic mass is 9.85. The molecule has 3 aliphatic rings. The summed E-state index contributed by atoms with van der Waals surface area (Å²) < 4.78 is 34.3. The van der Waals surface area contributed by atoms with Crippen LogP contribution >= 0.6 is 11.6 Å². The zero-order chi connectivity index (χ0) is 38.5.